The lowest BCUT2D eigenvalue weighted by Crippen LogP contribution is -2.37. The summed E-state index contributed by atoms with van der Waals surface area (Å²) in [6.07, 6.45) is 2.54. The Labute approximate surface area is 164 Å². The molecule has 1 fully saturated rings. The van der Waals surface area contributed by atoms with Gasteiger partial charge in [0, 0.05) is 51.4 Å². The number of aliphatic imine (C=N–C) groups is 1. The van der Waals surface area contributed by atoms with Crippen LogP contribution in [-0.2, 0) is 24.3 Å². The molecule has 0 spiro atoms. The SMILES string of the molecule is CN=C(NCCc1csc(C)n1)NCc1cccc(CN2CCCC2=O)c1. The van der Waals surface area contributed by atoms with Gasteiger partial charge in [-0.1, -0.05) is 24.3 Å². The lowest BCUT2D eigenvalue weighted by atomic mass is 10.1. The molecule has 0 unspecified atom stereocenters. The lowest BCUT2D eigenvalue weighted by Gasteiger charge is -2.16. The number of carbonyl (C=O) groups is 1. The molecule has 3 rings (SSSR count). The zero-order valence-corrected chi connectivity index (χ0v) is 16.8. The quantitative estimate of drug-likeness (QED) is 0.567. The molecule has 2 aromatic rings. The predicted molar refractivity (Wildman–Crippen MR) is 110 cm³/mol. The van der Waals surface area contributed by atoms with Crippen LogP contribution in [0.4, 0.5) is 0 Å². The Morgan fingerprint density at radius 3 is 2.89 bits per heavy atom. The van der Waals surface area contributed by atoms with E-state index in [-0.39, 0.29) is 5.91 Å². The Morgan fingerprint density at radius 2 is 2.19 bits per heavy atom. The Kier molecular flexibility index (Phi) is 6.81. The van der Waals surface area contributed by atoms with E-state index in [1.165, 1.54) is 11.1 Å². The number of hydrogen-bond donors (Lipinski definition) is 2. The van der Waals surface area contributed by atoms with Gasteiger partial charge in [0.15, 0.2) is 5.96 Å². The number of aromatic nitrogens is 1. The molecule has 1 aromatic carbocycles. The second-order valence-electron chi connectivity index (χ2n) is 6.70. The molecule has 2 N–H and O–H groups in total. The molecule has 2 heterocycles. The van der Waals surface area contributed by atoms with Crippen LogP contribution in [-0.4, -0.2) is 41.9 Å². The van der Waals surface area contributed by atoms with E-state index >= 15 is 0 Å². The van der Waals surface area contributed by atoms with E-state index in [0.717, 1.165) is 42.6 Å². The van der Waals surface area contributed by atoms with Crippen LogP contribution in [0.2, 0.25) is 0 Å². The highest BCUT2D eigenvalue weighted by molar-refractivity contribution is 7.09. The normalized spacial score (nSPS) is 14.7. The summed E-state index contributed by atoms with van der Waals surface area (Å²) in [6.45, 7) is 5.08. The summed E-state index contributed by atoms with van der Waals surface area (Å²) in [5, 5.41) is 9.88. The Balaban J connectivity index is 1.46. The van der Waals surface area contributed by atoms with Crippen LogP contribution in [0.5, 0.6) is 0 Å². The van der Waals surface area contributed by atoms with Crippen molar-refractivity contribution in [3.8, 4) is 0 Å². The summed E-state index contributed by atoms with van der Waals surface area (Å²) >= 11 is 1.68. The van der Waals surface area contributed by atoms with Crippen molar-refractivity contribution >= 4 is 23.2 Å². The van der Waals surface area contributed by atoms with Gasteiger partial charge in [-0.05, 0) is 24.5 Å². The number of likely N-dealkylation sites (tertiary alicyclic amines) is 1. The number of hydrogen-bond acceptors (Lipinski definition) is 4. The van der Waals surface area contributed by atoms with E-state index in [4.69, 9.17) is 0 Å². The highest BCUT2D eigenvalue weighted by Gasteiger charge is 2.19. The van der Waals surface area contributed by atoms with E-state index in [2.05, 4.69) is 44.2 Å². The molecule has 0 saturated carbocycles. The van der Waals surface area contributed by atoms with Gasteiger partial charge in [-0.15, -0.1) is 11.3 Å². The molecule has 0 atom stereocenters. The zero-order valence-electron chi connectivity index (χ0n) is 16.0. The molecule has 1 saturated heterocycles. The molecular formula is C20H27N5OS. The summed E-state index contributed by atoms with van der Waals surface area (Å²) in [4.78, 5) is 22.5. The highest BCUT2D eigenvalue weighted by atomic mass is 32.1. The van der Waals surface area contributed by atoms with Gasteiger partial charge in [0.1, 0.15) is 0 Å². The number of carbonyl (C=O) groups excluding carboxylic acids is 1. The first kappa shape index (κ1) is 19.4. The number of thiazole rings is 1. The zero-order chi connectivity index (χ0) is 19.1. The molecule has 27 heavy (non-hydrogen) atoms. The Hall–Kier alpha value is -2.41. The summed E-state index contributed by atoms with van der Waals surface area (Å²) in [5.74, 6) is 1.04. The topological polar surface area (TPSA) is 69.6 Å². The Bertz CT molecular complexity index is 801. The van der Waals surface area contributed by atoms with Crippen molar-refractivity contribution in [3.05, 3.63) is 51.5 Å². The first-order chi connectivity index (χ1) is 13.1. The van der Waals surface area contributed by atoms with Crippen LogP contribution in [0, 0.1) is 6.92 Å². The first-order valence-electron chi connectivity index (χ1n) is 9.35. The average molecular weight is 386 g/mol. The van der Waals surface area contributed by atoms with E-state index in [1.807, 2.05) is 17.9 Å². The minimum absolute atomic E-state index is 0.262. The van der Waals surface area contributed by atoms with Crippen molar-refractivity contribution in [2.24, 2.45) is 4.99 Å². The maximum absolute atomic E-state index is 11.8. The third kappa shape index (κ3) is 5.79. The fourth-order valence-electron chi connectivity index (χ4n) is 3.17. The second kappa shape index (κ2) is 9.50. The lowest BCUT2D eigenvalue weighted by molar-refractivity contribution is -0.128. The van der Waals surface area contributed by atoms with Gasteiger partial charge in [0.2, 0.25) is 5.91 Å². The number of benzene rings is 1. The summed E-state index contributed by atoms with van der Waals surface area (Å²) in [6, 6.07) is 8.38. The maximum Gasteiger partial charge on any atom is 0.222 e. The third-order valence-electron chi connectivity index (χ3n) is 4.56. The summed E-state index contributed by atoms with van der Waals surface area (Å²) in [7, 11) is 1.78. The molecule has 0 aliphatic carbocycles. The van der Waals surface area contributed by atoms with Crippen LogP contribution in [0.3, 0.4) is 0 Å². The van der Waals surface area contributed by atoms with E-state index in [1.54, 1.807) is 18.4 Å². The molecule has 1 aromatic heterocycles. The number of amides is 1. The number of nitrogens with zero attached hydrogens (tertiary/aromatic N) is 3. The van der Waals surface area contributed by atoms with E-state index in [0.29, 0.717) is 19.5 Å². The number of nitrogens with one attached hydrogen (secondary N) is 2. The van der Waals surface area contributed by atoms with Crippen LogP contribution < -0.4 is 10.6 Å². The monoisotopic (exact) mass is 385 g/mol. The van der Waals surface area contributed by atoms with E-state index < -0.39 is 0 Å². The number of aryl methyl sites for hydroxylation is 1. The van der Waals surface area contributed by atoms with Crippen molar-refractivity contribution in [1.82, 2.24) is 20.5 Å². The molecule has 1 amide bonds. The van der Waals surface area contributed by atoms with Crippen molar-refractivity contribution in [1.29, 1.82) is 0 Å². The second-order valence-corrected chi connectivity index (χ2v) is 7.76. The standard InChI is InChI=1S/C20H27N5OS/c1-15-24-18(14-27-15)8-9-22-20(21-2)23-12-16-5-3-6-17(11-16)13-25-10-4-7-19(25)26/h3,5-6,11,14H,4,7-10,12-13H2,1-2H3,(H2,21,22,23). The van der Waals surface area contributed by atoms with Gasteiger partial charge < -0.3 is 15.5 Å². The van der Waals surface area contributed by atoms with Crippen molar-refractivity contribution in [2.75, 3.05) is 20.1 Å². The first-order valence-corrected chi connectivity index (χ1v) is 10.2. The molecule has 1 aliphatic heterocycles. The third-order valence-corrected chi connectivity index (χ3v) is 5.38. The van der Waals surface area contributed by atoms with Gasteiger partial charge in [-0.25, -0.2) is 4.98 Å². The minimum atomic E-state index is 0.262. The summed E-state index contributed by atoms with van der Waals surface area (Å²) in [5.41, 5.74) is 3.47. The van der Waals surface area contributed by atoms with Crippen LogP contribution in [0.15, 0.2) is 34.6 Å². The smallest absolute Gasteiger partial charge is 0.222 e. The number of rotatable bonds is 7. The maximum atomic E-state index is 11.8. The van der Waals surface area contributed by atoms with Gasteiger partial charge in [0.25, 0.3) is 0 Å². The van der Waals surface area contributed by atoms with Gasteiger partial charge in [0.05, 0.1) is 10.7 Å². The predicted octanol–water partition coefficient (Wildman–Crippen LogP) is 2.48. The molecule has 7 heteroatoms. The average Bonchev–Trinajstić information content (AvgIpc) is 3.26. The van der Waals surface area contributed by atoms with Crippen LogP contribution in [0.25, 0.3) is 0 Å². The fourth-order valence-corrected chi connectivity index (χ4v) is 3.82. The molecule has 144 valence electrons. The molecule has 6 nitrogen and oxygen atoms in total. The fraction of sp³-hybridized carbons (Fsp3) is 0.450. The van der Waals surface area contributed by atoms with Crippen molar-refractivity contribution < 1.29 is 4.79 Å². The minimum Gasteiger partial charge on any atom is -0.356 e. The molecule has 0 bridgehead atoms. The van der Waals surface area contributed by atoms with E-state index in [9.17, 15) is 4.79 Å². The van der Waals surface area contributed by atoms with Crippen LogP contribution in [0.1, 0.15) is 34.7 Å². The largest absolute Gasteiger partial charge is 0.356 e. The highest BCUT2D eigenvalue weighted by Crippen LogP contribution is 2.15. The number of guanidine groups is 1. The molecule has 0 radical (unpaired) electrons. The molecule has 1 aliphatic rings. The summed E-state index contributed by atoms with van der Waals surface area (Å²) < 4.78 is 0. The van der Waals surface area contributed by atoms with Crippen molar-refractivity contribution in [2.45, 2.75) is 39.3 Å². The van der Waals surface area contributed by atoms with Crippen LogP contribution >= 0.6 is 11.3 Å². The van der Waals surface area contributed by atoms with Crippen molar-refractivity contribution in [3.63, 3.8) is 0 Å². The van der Waals surface area contributed by atoms with Gasteiger partial charge >= 0.3 is 0 Å². The Morgan fingerprint density at radius 1 is 1.33 bits per heavy atom. The van der Waals surface area contributed by atoms with Gasteiger partial charge in [-0.3, -0.25) is 9.79 Å². The molecular weight excluding hydrogens is 358 g/mol. The van der Waals surface area contributed by atoms with Gasteiger partial charge in [-0.2, -0.15) is 0 Å².